The summed E-state index contributed by atoms with van der Waals surface area (Å²) in [5.41, 5.74) is 1.61. The van der Waals surface area contributed by atoms with E-state index in [9.17, 15) is 8.42 Å². The van der Waals surface area contributed by atoms with Crippen molar-refractivity contribution in [3.05, 3.63) is 42.4 Å². The number of aromatic nitrogens is 2. The number of rotatable bonds is 5. The molecule has 5 nitrogen and oxygen atoms in total. The van der Waals surface area contributed by atoms with Gasteiger partial charge in [-0.15, -0.1) is 0 Å². The molecule has 0 unspecified atom stereocenters. The molecule has 0 radical (unpaired) electrons. The summed E-state index contributed by atoms with van der Waals surface area (Å²) in [6.45, 7) is 2.60. The highest BCUT2D eigenvalue weighted by atomic mass is 79.9. The molecule has 0 aliphatic carbocycles. The zero-order valence-electron chi connectivity index (χ0n) is 10.4. The minimum atomic E-state index is -3.62. The molecule has 0 saturated carbocycles. The van der Waals surface area contributed by atoms with Crippen molar-refractivity contribution in [2.45, 2.75) is 23.8 Å². The lowest BCUT2D eigenvalue weighted by molar-refractivity contribution is 0.598. The molecule has 0 atom stereocenters. The predicted molar refractivity (Wildman–Crippen MR) is 77.8 cm³/mol. The highest BCUT2D eigenvalue weighted by Gasteiger charge is 2.17. The second-order valence-electron chi connectivity index (χ2n) is 3.98. The van der Waals surface area contributed by atoms with Gasteiger partial charge in [0.1, 0.15) is 0 Å². The van der Waals surface area contributed by atoms with E-state index >= 15 is 0 Å². The number of alkyl halides is 1. The number of anilines is 1. The predicted octanol–water partition coefficient (Wildman–Crippen LogP) is 2.60. The smallest absolute Gasteiger partial charge is 0.280 e. The summed E-state index contributed by atoms with van der Waals surface area (Å²) in [4.78, 5) is 3.89. The van der Waals surface area contributed by atoms with Crippen molar-refractivity contribution >= 4 is 31.6 Å². The summed E-state index contributed by atoms with van der Waals surface area (Å²) in [5.74, 6) is 0. The number of halogens is 1. The third-order valence-corrected chi connectivity index (χ3v) is 4.52. The van der Waals surface area contributed by atoms with E-state index in [-0.39, 0.29) is 5.03 Å². The van der Waals surface area contributed by atoms with Crippen LogP contribution >= 0.6 is 15.9 Å². The first kappa shape index (κ1) is 14.1. The van der Waals surface area contributed by atoms with E-state index < -0.39 is 10.0 Å². The van der Waals surface area contributed by atoms with Crippen molar-refractivity contribution in [2.24, 2.45) is 0 Å². The van der Waals surface area contributed by atoms with Gasteiger partial charge in [-0.05, 0) is 24.6 Å². The summed E-state index contributed by atoms with van der Waals surface area (Å²) < 4.78 is 28.4. The molecule has 0 bridgehead atoms. The minimum absolute atomic E-state index is 0.0268. The average Bonchev–Trinajstić information content (AvgIpc) is 2.89. The Morgan fingerprint density at radius 3 is 2.53 bits per heavy atom. The molecule has 2 aromatic rings. The molecule has 0 saturated heterocycles. The lowest BCUT2D eigenvalue weighted by Crippen LogP contribution is -2.13. The zero-order chi connectivity index (χ0) is 13.9. The molecular formula is C12H14BrN3O2S. The molecule has 7 heteroatoms. The third-order valence-electron chi connectivity index (χ3n) is 2.61. The van der Waals surface area contributed by atoms with Gasteiger partial charge in [-0.2, -0.15) is 8.42 Å². The Balaban J connectivity index is 2.20. The molecule has 0 fully saturated rings. The van der Waals surface area contributed by atoms with Gasteiger partial charge in [-0.1, -0.05) is 28.1 Å². The quantitative estimate of drug-likeness (QED) is 0.848. The highest BCUT2D eigenvalue weighted by molar-refractivity contribution is 9.08. The fourth-order valence-corrected chi connectivity index (χ4v) is 2.91. The van der Waals surface area contributed by atoms with Crippen molar-refractivity contribution in [2.75, 3.05) is 4.72 Å². The van der Waals surface area contributed by atoms with Crippen LogP contribution in [-0.2, 0) is 21.9 Å². The van der Waals surface area contributed by atoms with Gasteiger partial charge in [-0.25, -0.2) is 4.98 Å². The Morgan fingerprint density at radius 1 is 1.32 bits per heavy atom. The van der Waals surface area contributed by atoms with Crippen LogP contribution in [0.15, 0.2) is 41.8 Å². The Labute approximate surface area is 120 Å². The molecule has 102 valence electrons. The van der Waals surface area contributed by atoms with Gasteiger partial charge < -0.3 is 4.57 Å². The number of sulfonamides is 1. The van der Waals surface area contributed by atoms with Crippen molar-refractivity contribution in [1.82, 2.24) is 9.55 Å². The second kappa shape index (κ2) is 5.75. The van der Waals surface area contributed by atoms with Crippen LogP contribution in [0.5, 0.6) is 0 Å². The number of nitrogens with one attached hydrogen (secondary N) is 1. The fraction of sp³-hybridized carbons (Fsp3) is 0.250. The summed E-state index contributed by atoms with van der Waals surface area (Å²) in [5, 5.41) is 0.764. The van der Waals surface area contributed by atoms with E-state index in [2.05, 4.69) is 25.6 Å². The van der Waals surface area contributed by atoms with Gasteiger partial charge in [0.15, 0.2) is 5.03 Å². The van der Waals surface area contributed by atoms with Crippen LogP contribution in [0.25, 0.3) is 0 Å². The van der Waals surface area contributed by atoms with Crippen LogP contribution in [0, 0.1) is 0 Å². The number of imidazole rings is 1. The first-order chi connectivity index (χ1) is 9.05. The minimum Gasteiger partial charge on any atom is -0.336 e. The van der Waals surface area contributed by atoms with E-state index in [1.165, 1.54) is 12.5 Å². The molecule has 1 heterocycles. The molecule has 2 rings (SSSR count). The Morgan fingerprint density at radius 2 is 2.00 bits per heavy atom. The monoisotopic (exact) mass is 343 g/mol. The number of aryl methyl sites for hydroxylation is 1. The Bertz CT molecular complexity index is 650. The summed E-state index contributed by atoms with van der Waals surface area (Å²) in [6, 6.07) is 7.17. The van der Waals surface area contributed by atoms with Gasteiger partial charge in [0.2, 0.25) is 0 Å². The number of hydrogen-bond acceptors (Lipinski definition) is 3. The standard InChI is InChI=1S/C12H14BrN3O2S/c1-2-16-8-12(14-9-16)19(17,18)15-11-5-3-10(7-13)4-6-11/h3-6,8-9,15H,2,7H2,1H3. The van der Waals surface area contributed by atoms with Crippen LogP contribution in [0.1, 0.15) is 12.5 Å². The van der Waals surface area contributed by atoms with E-state index in [0.717, 1.165) is 10.9 Å². The van der Waals surface area contributed by atoms with Crippen LogP contribution < -0.4 is 4.72 Å². The molecule has 19 heavy (non-hydrogen) atoms. The van der Waals surface area contributed by atoms with E-state index in [1.807, 2.05) is 19.1 Å². The first-order valence-corrected chi connectivity index (χ1v) is 8.35. The maximum absolute atomic E-state index is 12.1. The van der Waals surface area contributed by atoms with Gasteiger partial charge in [0, 0.05) is 23.8 Å². The molecule has 0 aliphatic heterocycles. The molecule has 1 N–H and O–H groups in total. The zero-order valence-corrected chi connectivity index (χ0v) is 12.8. The van der Waals surface area contributed by atoms with Gasteiger partial charge in [-0.3, -0.25) is 4.72 Å². The Hall–Kier alpha value is -1.34. The molecule has 0 amide bonds. The van der Waals surface area contributed by atoms with E-state index in [4.69, 9.17) is 0 Å². The van der Waals surface area contributed by atoms with Gasteiger partial charge >= 0.3 is 0 Å². The highest BCUT2D eigenvalue weighted by Crippen LogP contribution is 2.16. The van der Waals surface area contributed by atoms with Crippen molar-refractivity contribution in [3.63, 3.8) is 0 Å². The number of hydrogen-bond donors (Lipinski definition) is 1. The Kier molecular flexibility index (Phi) is 4.26. The second-order valence-corrected chi connectivity index (χ2v) is 6.17. The fourth-order valence-electron chi connectivity index (χ4n) is 1.52. The van der Waals surface area contributed by atoms with E-state index in [0.29, 0.717) is 12.2 Å². The van der Waals surface area contributed by atoms with E-state index in [1.54, 1.807) is 16.7 Å². The normalized spacial score (nSPS) is 11.5. The summed E-state index contributed by atoms with van der Waals surface area (Å²) in [7, 11) is -3.62. The van der Waals surface area contributed by atoms with Gasteiger partial charge in [0.25, 0.3) is 10.0 Å². The maximum atomic E-state index is 12.1. The largest absolute Gasteiger partial charge is 0.336 e. The number of benzene rings is 1. The SMILES string of the molecule is CCn1cnc(S(=O)(=O)Nc2ccc(CBr)cc2)c1. The topological polar surface area (TPSA) is 64.0 Å². The van der Waals surface area contributed by atoms with Gasteiger partial charge in [0.05, 0.1) is 6.33 Å². The van der Waals surface area contributed by atoms with Crippen LogP contribution in [-0.4, -0.2) is 18.0 Å². The average molecular weight is 344 g/mol. The lowest BCUT2D eigenvalue weighted by atomic mass is 10.2. The molecule has 0 aliphatic rings. The first-order valence-electron chi connectivity index (χ1n) is 5.74. The van der Waals surface area contributed by atoms with Crippen LogP contribution in [0.2, 0.25) is 0 Å². The van der Waals surface area contributed by atoms with Crippen LogP contribution in [0.4, 0.5) is 5.69 Å². The van der Waals surface area contributed by atoms with Crippen LogP contribution in [0.3, 0.4) is 0 Å². The maximum Gasteiger partial charge on any atom is 0.280 e. The van der Waals surface area contributed by atoms with Crippen molar-refractivity contribution in [3.8, 4) is 0 Å². The molecule has 1 aromatic heterocycles. The summed E-state index contributed by atoms with van der Waals surface area (Å²) >= 11 is 3.34. The lowest BCUT2D eigenvalue weighted by Gasteiger charge is -2.06. The van der Waals surface area contributed by atoms with Crippen molar-refractivity contribution in [1.29, 1.82) is 0 Å². The molecule has 0 spiro atoms. The third kappa shape index (κ3) is 3.36. The number of nitrogens with zero attached hydrogens (tertiary/aromatic N) is 2. The summed E-state index contributed by atoms with van der Waals surface area (Å²) in [6.07, 6.45) is 3.01. The molecular weight excluding hydrogens is 330 g/mol. The van der Waals surface area contributed by atoms with Crippen molar-refractivity contribution < 1.29 is 8.42 Å². The molecule has 1 aromatic carbocycles.